The third kappa shape index (κ3) is 5.95. The van der Waals surface area contributed by atoms with Gasteiger partial charge in [0.25, 0.3) is 0 Å². The van der Waals surface area contributed by atoms with Crippen LogP contribution in [0.15, 0.2) is 30.3 Å². The van der Waals surface area contributed by atoms with Gasteiger partial charge >= 0.3 is 6.09 Å². The molecule has 3 rings (SSSR count). The zero-order chi connectivity index (χ0) is 21.7. The minimum absolute atomic E-state index is 0.113. The zero-order valence-corrected chi connectivity index (χ0v) is 18.7. The summed E-state index contributed by atoms with van der Waals surface area (Å²) in [6, 6.07) is 9.59. The van der Waals surface area contributed by atoms with Crippen LogP contribution in [0.25, 0.3) is 0 Å². The Balaban J connectivity index is 1.47. The van der Waals surface area contributed by atoms with Crippen LogP contribution in [0.4, 0.5) is 4.79 Å². The molecule has 2 fully saturated rings. The largest absolute Gasteiger partial charge is 0.445 e. The van der Waals surface area contributed by atoms with Gasteiger partial charge < -0.3 is 14.5 Å². The second kappa shape index (κ2) is 9.79. The van der Waals surface area contributed by atoms with Crippen molar-refractivity contribution >= 4 is 12.0 Å². The van der Waals surface area contributed by atoms with Gasteiger partial charge in [0.1, 0.15) is 12.6 Å². The van der Waals surface area contributed by atoms with E-state index in [9.17, 15) is 9.59 Å². The lowest BCUT2D eigenvalue weighted by Gasteiger charge is -2.38. The van der Waals surface area contributed by atoms with E-state index < -0.39 is 0 Å². The average Bonchev–Trinajstić information content (AvgIpc) is 3.18. The van der Waals surface area contributed by atoms with Crippen molar-refractivity contribution in [3.63, 3.8) is 0 Å². The quantitative estimate of drug-likeness (QED) is 0.734. The fourth-order valence-electron chi connectivity index (χ4n) is 4.11. The van der Waals surface area contributed by atoms with Crippen molar-refractivity contribution in [1.82, 2.24) is 14.9 Å². The molecule has 2 amide bonds. The molecule has 0 aliphatic carbocycles. The van der Waals surface area contributed by atoms with Crippen molar-refractivity contribution in [1.29, 1.82) is 0 Å². The Hall–Kier alpha value is -2.12. The number of piperidine rings is 1. The molecule has 2 aliphatic rings. The molecule has 7 nitrogen and oxygen atoms in total. The van der Waals surface area contributed by atoms with E-state index in [1.807, 2.05) is 68.1 Å². The number of benzene rings is 1. The molecule has 2 aliphatic heterocycles. The number of carbonyl (C=O) groups is 2. The summed E-state index contributed by atoms with van der Waals surface area (Å²) in [4.78, 5) is 35.1. The Kier molecular flexibility index (Phi) is 7.36. The molecule has 2 heterocycles. The lowest BCUT2D eigenvalue weighted by molar-refractivity contribution is -0.236. The van der Waals surface area contributed by atoms with Crippen molar-refractivity contribution in [2.75, 3.05) is 26.7 Å². The molecule has 0 saturated carbocycles. The first-order valence-corrected chi connectivity index (χ1v) is 10.9. The molecule has 0 unspecified atom stereocenters. The van der Waals surface area contributed by atoms with E-state index in [0.29, 0.717) is 13.1 Å². The van der Waals surface area contributed by atoms with Gasteiger partial charge in [-0.3, -0.25) is 9.63 Å². The number of amides is 2. The Morgan fingerprint density at radius 3 is 2.37 bits per heavy atom. The number of hydroxylamine groups is 2. The second-order valence-electron chi connectivity index (χ2n) is 9.21. The van der Waals surface area contributed by atoms with Crippen molar-refractivity contribution in [3.05, 3.63) is 35.9 Å². The smallest absolute Gasteiger partial charge is 0.410 e. The van der Waals surface area contributed by atoms with Crippen LogP contribution in [0.1, 0.15) is 52.0 Å². The zero-order valence-electron chi connectivity index (χ0n) is 18.7. The minimum atomic E-state index is -0.313. The second-order valence-corrected chi connectivity index (χ2v) is 9.21. The summed E-state index contributed by atoms with van der Waals surface area (Å²) in [6.45, 7) is 8.28. The van der Waals surface area contributed by atoms with Crippen molar-refractivity contribution in [3.8, 4) is 0 Å². The number of hydrogen-bond acceptors (Lipinski definition) is 5. The average molecular weight is 418 g/mol. The van der Waals surface area contributed by atoms with E-state index in [1.165, 1.54) is 0 Å². The predicted molar refractivity (Wildman–Crippen MR) is 115 cm³/mol. The number of hydrogen-bond donors (Lipinski definition) is 0. The van der Waals surface area contributed by atoms with Crippen LogP contribution in [0.3, 0.4) is 0 Å². The molecule has 0 N–H and O–H groups in total. The monoisotopic (exact) mass is 417 g/mol. The lowest BCUT2D eigenvalue weighted by Crippen LogP contribution is -2.52. The van der Waals surface area contributed by atoms with Crippen molar-refractivity contribution in [2.24, 2.45) is 0 Å². The summed E-state index contributed by atoms with van der Waals surface area (Å²) < 4.78 is 5.44. The van der Waals surface area contributed by atoms with Crippen LogP contribution < -0.4 is 0 Å². The van der Waals surface area contributed by atoms with Crippen LogP contribution in [0, 0.1) is 0 Å². The van der Waals surface area contributed by atoms with Gasteiger partial charge in [0, 0.05) is 32.7 Å². The molecule has 1 aromatic carbocycles. The topological polar surface area (TPSA) is 62.3 Å². The van der Waals surface area contributed by atoms with Gasteiger partial charge in [-0.25, -0.2) is 4.79 Å². The third-order valence-corrected chi connectivity index (χ3v) is 5.70. The van der Waals surface area contributed by atoms with Gasteiger partial charge in [-0.15, -0.1) is 0 Å². The van der Waals surface area contributed by atoms with E-state index in [1.54, 1.807) is 4.90 Å². The maximum absolute atomic E-state index is 13.1. The van der Waals surface area contributed by atoms with Gasteiger partial charge in [0.15, 0.2) is 0 Å². The predicted octanol–water partition coefficient (Wildman–Crippen LogP) is 3.44. The number of likely N-dealkylation sites (tertiary alicyclic amines) is 1. The molecule has 0 aromatic heterocycles. The molecular weight excluding hydrogens is 382 g/mol. The molecule has 2 saturated heterocycles. The van der Waals surface area contributed by atoms with Crippen LogP contribution in [0.5, 0.6) is 0 Å². The third-order valence-electron chi connectivity index (χ3n) is 5.70. The summed E-state index contributed by atoms with van der Waals surface area (Å²) in [5, 5.41) is 1.86. The summed E-state index contributed by atoms with van der Waals surface area (Å²) in [5.74, 6) is 0.113. The molecule has 7 heteroatoms. The first-order valence-electron chi connectivity index (χ1n) is 10.9. The summed E-state index contributed by atoms with van der Waals surface area (Å²) in [7, 11) is 1.88. The van der Waals surface area contributed by atoms with Crippen LogP contribution >= 0.6 is 0 Å². The maximum atomic E-state index is 13.1. The van der Waals surface area contributed by atoms with Gasteiger partial charge in [0.05, 0.1) is 5.60 Å². The Morgan fingerprint density at radius 1 is 1.07 bits per heavy atom. The number of likely N-dealkylation sites (N-methyl/N-ethyl adjacent to an activating group) is 1. The number of rotatable bonds is 5. The highest BCUT2D eigenvalue weighted by molar-refractivity contribution is 5.82. The van der Waals surface area contributed by atoms with Gasteiger partial charge in [-0.05, 0) is 52.0 Å². The first-order chi connectivity index (χ1) is 14.2. The number of ether oxygens (including phenoxy) is 1. The Labute approximate surface area is 179 Å². The minimum Gasteiger partial charge on any atom is -0.445 e. The van der Waals surface area contributed by atoms with Crippen molar-refractivity contribution in [2.45, 2.75) is 70.7 Å². The Bertz CT molecular complexity index is 711. The van der Waals surface area contributed by atoms with Gasteiger partial charge in [0.2, 0.25) is 5.91 Å². The van der Waals surface area contributed by atoms with E-state index in [4.69, 9.17) is 9.57 Å². The molecular formula is C23H35N3O4. The molecule has 0 bridgehead atoms. The highest BCUT2D eigenvalue weighted by atomic mass is 16.7. The maximum Gasteiger partial charge on any atom is 0.410 e. The number of carbonyl (C=O) groups excluding carboxylic acids is 2. The highest BCUT2D eigenvalue weighted by Crippen LogP contribution is 2.25. The normalized spacial score (nSPS) is 20.9. The van der Waals surface area contributed by atoms with E-state index >= 15 is 0 Å². The molecule has 30 heavy (non-hydrogen) atoms. The molecule has 166 valence electrons. The van der Waals surface area contributed by atoms with E-state index in [-0.39, 0.29) is 36.3 Å². The fourth-order valence-corrected chi connectivity index (χ4v) is 4.11. The van der Waals surface area contributed by atoms with Gasteiger partial charge in [-0.2, -0.15) is 5.06 Å². The summed E-state index contributed by atoms with van der Waals surface area (Å²) in [5.41, 5.74) is 0.664. The SMILES string of the molecule is CN(C(=O)[C@H]1CCCN1OC(C)(C)C)C1CCN(C(=O)OCc2ccccc2)CC1. The highest BCUT2D eigenvalue weighted by Gasteiger charge is 2.38. The molecule has 1 atom stereocenters. The van der Waals surface area contributed by atoms with Crippen molar-refractivity contribution < 1.29 is 19.2 Å². The van der Waals surface area contributed by atoms with Gasteiger partial charge in [-0.1, -0.05) is 30.3 Å². The first kappa shape index (κ1) is 22.6. The van der Waals surface area contributed by atoms with Crippen LogP contribution in [-0.4, -0.2) is 71.2 Å². The van der Waals surface area contributed by atoms with E-state index in [0.717, 1.165) is 37.8 Å². The van der Waals surface area contributed by atoms with E-state index in [2.05, 4.69) is 0 Å². The van der Waals surface area contributed by atoms with Crippen LogP contribution in [0.2, 0.25) is 0 Å². The summed E-state index contributed by atoms with van der Waals surface area (Å²) >= 11 is 0. The number of nitrogens with zero attached hydrogens (tertiary/aromatic N) is 3. The lowest BCUT2D eigenvalue weighted by atomic mass is 10.0. The fraction of sp³-hybridized carbons (Fsp3) is 0.652. The standard InChI is InChI=1S/C23H35N3O4/c1-23(2,3)30-26-14-8-11-20(26)21(27)24(4)19-12-15-25(16-13-19)22(28)29-17-18-9-6-5-7-10-18/h5-7,9-10,19-20H,8,11-17H2,1-4H3/t20-/m1/s1. The summed E-state index contributed by atoms with van der Waals surface area (Å²) in [6.07, 6.45) is 3.02. The molecule has 1 aromatic rings. The molecule has 0 radical (unpaired) electrons. The van der Waals surface area contributed by atoms with Crippen LogP contribution in [-0.2, 0) is 21.0 Å². The molecule has 0 spiro atoms. The Morgan fingerprint density at radius 2 is 1.73 bits per heavy atom.